The minimum Gasteiger partial charge on any atom is -0.497 e. The summed E-state index contributed by atoms with van der Waals surface area (Å²) in [5, 5.41) is 23.4. The molecule has 11 heteroatoms. The Kier molecular flexibility index (Phi) is 10.1. The molecule has 2 aromatic carbocycles. The molecule has 11 nitrogen and oxygen atoms in total. The van der Waals surface area contributed by atoms with Gasteiger partial charge in [-0.2, -0.15) is 0 Å². The molecule has 0 spiro atoms. The predicted octanol–water partition coefficient (Wildman–Crippen LogP) is 4.25. The number of amides is 2. The number of hydrogen-bond acceptors (Lipinski definition) is 9. The zero-order chi connectivity index (χ0) is 34.8. The highest BCUT2D eigenvalue weighted by Gasteiger charge is 2.62. The lowest BCUT2D eigenvalue weighted by Crippen LogP contribution is -2.55. The molecule has 2 fully saturated rings. The van der Waals surface area contributed by atoms with Gasteiger partial charge in [-0.15, -0.1) is 6.58 Å². The minimum atomic E-state index is -1.72. The molecule has 2 amide bonds. The monoisotopic (exact) mass is 659 g/mol. The Bertz CT molecular complexity index is 1670. The van der Waals surface area contributed by atoms with Gasteiger partial charge in [-0.05, 0) is 30.9 Å². The molecule has 5 rings (SSSR count). The Balaban J connectivity index is 1.51. The number of esters is 1. The van der Waals surface area contributed by atoms with Crippen molar-refractivity contribution in [3.8, 4) is 22.8 Å². The first-order chi connectivity index (χ1) is 22.8. The summed E-state index contributed by atoms with van der Waals surface area (Å²) in [5.74, 6) is -1.43. The summed E-state index contributed by atoms with van der Waals surface area (Å²) in [4.78, 5) is 47.6. The van der Waals surface area contributed by atoms with Gasteiger partial charge in [0.15, 0.2) is 6.29 Å². The average Bonchev–Trinajstić information content (AvgIpc) is 3.61. The Morgan fingerprint density at radius 2 is 1.88 bits per heavy atom. The molecule has 5 atom stereocenters. The molecule has 1 saturated heterocycles. The number of aromatic nitrogens is 1. The van der Waals surface area contributed by atoms with Crippen LogP contribution >= 0.6 is 0 Å². The van der Waals surface area contributed by atoms with E-state index < -0.39 is 53.1 Å². The lowest BCUT2D eigenvalue weighted by molar-refractivity contribution is -0.152. The van der Waals surface area contributed by atoms with Gasteiger partial charge in [0, 0.05) is 47.8 Å². The summed E-state index contributed by atoms with van der Waals surface area (Å²) in [6.45, 7) is 11.2. The van der Waals surface area contributed by atoms with E-state index in [9.17, 15) is 24.6 Å². The number of likely N-dealkylation sites (tertiary alicyclic amines) is 1. The lowest BCUT2D eigenvalue weighted by atomic mass is 9.77. The summed E-state index contributed by atoms with van der Waals surface area (Å²) in [6, 6.07) is 16.0. The molecule has 1 aliphatic carbocycles. The topological polar surface area (TPSA) is 148 Å². The minimum absolute atomic E-state index is 0.0585. The molecule has 2 unspecified atom stereocenters. The molecule has 256 valence electrons. The number of aliphatic hydroxyl groups is 2. The van der Waals surface area contributed by atoms with Gasteiger partial charge in [-0.25, -0.2) is 9.78 Å². The van der Waals surface area contributed by atoms with Crippen LogP contribution in [0.4, 0.5) is 0 Å². The van der Waals surface area contributed by atoms with Crippen LogP contribution in [0.3, 0.4) is 0 Å². The number of nitrogens with one attached hydrogen (secondary N) is 1. The second-order valence-electron chi connectivity index (χ2n) is 13.6. The third-order valence-corrected chi connectivity index (χ3v) is 9.27. The van der Waals surface area contributed by atoms with Crippen LogP contribution in [0.1, 0.15) is 47.0 Å². The van der Waals surface area contributed by atoms with Crippen molar-refractivity contribution in [3.05, 3.63) is 67.3 Å². The van der Waals surface area contributed by atoms with E-state index in [0.717, 1.165) is 10.9 Å². The molecule has 0 radical (unpaired) electrons. The van der Waals surface area contributed by atoms with Gasteiger partial charge in [0.1, 0.15) is 29.2 Å². The van der Waals surface area contributed by atoms with Crippen LogP contribution in [0.5, 0.6) is 11.5 Å². The lowest BCUT2D eigenvalue weighted by Gasteiger charge is -2.35. The van der Waals surface area contributed by atoms with Crippen LogP contribution in [0.25, 0.3) is 22.2 Å². The fourth-order valence-electron chi connectivity index (χ4n) is 6.51. The van der Waals surface area contributed by atoms with Crippen LogP contribution in [0.15, 0.2) is 67.3 Å². The maximum absolute atomic E-state index is 14.2. The number of methoxy groups -OCH3 is 1. The zero-order valence-corrected chi connectivity index (χ0v) is 28.1. The van der Waals surface area contributed by atoms with Crippen molar-refractivity contribution >= 4 is 28.7 Å². The van der Waals surface area contributed by atoms with Crippen molar-refractivity contribution < 1.29 is 38.8 Å². The Morgan fingerprint density at radius 3 is 2.48 bits per heavy atom. The zero-order valence-electron chi connectivity index (χ0n) is 28.1. The van der Waals surface area contributed by atoms with Crippen LogP contribution in [-0.2, 0) is 19.1 Å². The Hall–Kier alpha value is -4.48. The molecule has 3 N–H and O–H groups in total. The highest BCUT2D eigenvalue weighted by atomic mass is 16.5. The summed E-state index contributed by atoms with van der Waals surface area (Å²) in [5.41, 5.74) is 0.308. The normalized spacial score (nSPS) is 22.7. The number of pyridine rings is 1. The van der Waals surface area contributed by atoms with E-state index in [4.69, 9.17) is 19.2 Å². The van der Waals surface area contributed by atoms with Gasteiger partial charge in [-0.1, -0.05) is 57.2 Å². The Morgan fingerprint density at radius 1 is 1.15 bits per heavy atom. The number of hydrogen-bond donors (Lipinski definition) is 3. The molecule has 1 aliphatic heterocycles. The third kappa shape index (κ3) is 7.17. The van der Waals surface area contributed by atoms with Crippen molar-refractivity contribution in [2.45, 2.75) is 70.9 Å². The molecular formula is C37H45N3O8. The van der Waals surface area contributed by atoms with E-state index in [1.165, 1.54) is 4.90 Å². The van der Waals surface area contributed by atoms with Gasteiger partial charge in [0.05, 0.1) is 31.5 Å². The second kappa shape index (κ2) is 13.9. The molecule has 2 heterocycles. The first-order valence-corrected chi connectivity index (χ1v) is 16.3. The first-order valence-electron chi connectivity index (χ1n) is 16.3. The standard InChI is InChI=1S/C37H45N3O8/c1-7-23-20-37(23,35(45)47-8-2)39-33(43)30-17-25(21-40(30)34(44)27(18-32(41)42)36(3,4)5)48-31-19-28(22-12-10-9-11-13-22)38-29-16-24(46-6)14-15-26(29)31/h7,9-16,19,23,25,27,30,32,41-42H,1,8,17-18,20-21H2,2-6H3,(H,39,43)/t23?,25-,27-,30+,37?/m1/s1. The smallest absolute Gasteiger partial charge is 0.332 e. The molecular weight excluding hydrogens is 614 g/mol. The number of aliphatic hydroxyl groups excluding tert-OH is 1. The Labute approximate surface area is 280 Å². The number of rotatable bonds is 12. The predicted molar refractivity (Wildman–Crippen MR) is 180 cm³/mol. The van der Waals surface area contributed by atoms with Crippen LogP contribution in [-0.4, -0.2) is 82.1 Å². The molecule has 48 heavy (non-hydrogen) atoms. The van der Waals surface area contributed by atoms with E-state index in [-0.39, 0.29) is 31.9 Å². The third-order valence-electron chi connectivity index (χ3n) is 9.27. The van der Waals surface area contributed by atoms with E-state index in [2.05, 4.69) is 11.9 Å². The van der Waals surface area contributed by atoms with Gasteiger partial charge in [0.2, 0.25) is 11.8 Å². The highest BCUT2D eigenvalue weighted by Crippen LogP contribution is 2.46. The molecule has 1 aromatic heterocycles. The van der Waals surface area contributed by atoms with Crippen LogP contribution in [0.2, 0.25) is 0 Å². The van der Waals surface area contributed by atoms with Crippen molar-refractivity contribution in [1.29, 1.82) is 0 Å². The maximum atomic E-state index is 14.2. The fraction of sp³-hybridized carbons (Fsp3) is 0.459. The number of ether oxygens (including phenoxy) is 3. The van der Waals surface area contributed by atoms with E-state index in [0.29, 0.717) is 29.1 Å². The number of carbonyl (C=O) groups excluding carboxylic acids is 3. The van der Waals surface area contributed by atoms with Gasteiger partial charge in [0.25, 0.3) is 0 Å². The van der Waals surface area contributed by atoms with Crippen molar-refractivity contribution in [2.24, 2.45) is 17.3 Å². The van der Waals surface area contributed by atoms with Crippen LogP contribution < -0.4 is 14.8 Å². The SMILES string of the molecule is C=CC1CC1(NC(=O)[C@@H]1C[C@@H](Oc2cc(-c3ccccc3)nc3cc(OC)ccc23)CN1C(=O)[C@@H](CC(O)O)C(C)(C)C)C(=O)OCC. The summed E-state index contributed by atoms with van der Waals surface area (Å²) >= 11 is 0. The quantitative estimate of drug-likeness (QED) is 0.148. The number of nitrogens with zero attached hydrogens (tertiary/aromatic N) is 2. The summed E-state index contributed by atoms with van der Waals surface area (Å²) in [7, 11) is 1.58. The number of fused-ring (bicyclic) bond motifs is 1. The van der Waals surface area contributed by atoms with Crippen molar-refractivity contribution in [3.63, 3.8) is 0 Å². The van der Waals surface area contributed by atoms with E-state index in [1.807, 2.05) is 75.4 Å². The summed E-state index contributed by atoms with van der Waals surface area (Å²) < 4.78 is 17.4. The van der Waals surface area contributed by atoms with Crippen molar-refractivity contribution in [1.82, 2.24) is 15.2 Å². The maximum Gasteiger partial charge on any atom is 0.332 e. The molecule has 2 aliphatic rings. The van der Waals surface area contributed by atoms with Crippen LogP contribution in [0, 0.1) is 17.3 Å². The van der Waals surface area contributed by atoms with E-state index >= 15 is 0 Å². The molecule has 0 bridgehead atoms. The summed E-state index contributed by atoms with van der Waals surface area (Å²) in [6.07, 6.45) is -0.447. The van der Waals surface area contributed by atoms with Gasteiger partial charge < -0.3 is 34.6 Å². The largest absolute Gasteiger partial charge is 0.497 e. The fourth-order valence-corrected chi connectivity index (χ4v) is 6.51. The second-order valence-corrected chi connectivity index (χ2v) is 13.6. The highest BCUT2D eigenvalue weighted by molar-refractivity contribution is 5.96. The van der Waals surface area contributed by atoms with E-state index in [1.54, 1.807) is 20.1 Å². The molecule has 1 saturated carbocycles. The van der Waals surface area contributed by atoms with Gasteiger partial charge >= 0.3 is 5.97 Å². The number of carbonyl (C=O) groups is 3. The molecule has 3 aromatic rings. The first kappa shape index (κ1) is 34.8. The van der Waals surface area contributed by atoms with Crippen molar-refractivity contribution in [2.75, 3.05) is 20.3 Å². The van der Waals surface area contributed by atoms with Gasteiger partial charge in [-0.3, -0.25) is 9.59 Å². The average molecular weight is 660 g/mol. The number of benzene rings is 2.